The van der Waals surface area contributed by atoms with Crippen molar-refractivity contribution in [3.8, 4) is 0 Å². The van der Waals surface area contributed by atoms with Crippen LogP contribution in [0.4, 0.5) is 0 Å². The molecule has 36 heavy (non-hydrogen) atoms. The van der Waals surface area contributed by atoms with Crippen LogP contribution in [-0.4, -0.2) is 48.8 Å². The molecule has 0 bridgehead atoms. The maximum absolute atomic E-state index is 10.8. The highest BCUT2D eigenvalue weighted by molar-refractivity contribution is 5.42. The second-order valence-corrected chi connectivity index (χ2v) is 10.4. The summed E-state index contributed by atoms with van der Waals surface area (Å²) in [5, 5.41) is 21.6. The molecule has 6 N–H and O–H groups in total. The van der Waals surface area contributed by atoms with Gasteiger partial charge in [0.15, 0.2) is 0 Å². The van der Waals surface area contributed by atoms with Crippen molar-refractivity contribution < 1.29 is 19.7 Å². The zero-order chi connectivity index (χ0) is 26.8. The molecule has 0 spiro atoms. The van der Waals surface area contributed by atoms with Gasteiger partial charge in [-0.3, -0.25) is 0 Å². The summed E-state index contributed by atoms with van der Waals surface area (Å²) in [7, 11) is 0. The van der Waals surface area contributed by atoms with Gasteiger partial charge in [-0.2, -0.15) is 0 Å². The fraction of sp³-hybridized carbons (Fsp3) is 0.800. The largest absolute Gasteiger partial charge is 0.390 e. The van der Waals surface area contributed by atoms with Crippen LogP contribution in [0.5, 0.6) is 0 Å². The van der Waals surface area contributed by atoms with E-state index in [1.54, 1.807) is 0 Å². The van der Waals surface area contributed by atoms with Crippen LogP contribution in [0.15, 0.2) is 12.1 Å². The van der Waals surface area contributed by atoms with Crippen LogP contribution in [0.2, 0.25) is 0 Å². The van der Waals surface area contributed by atoms with Crippen LogP contribution in [0.1, 0.15) is 101 Å². The molecule has 1 aromatic rings. The predicted molar refractivity (Wildman–Crippen MR) is 150 cm³/mol. The molecule has 0 saturated carbocycles. The summed E-state index contributed by atoms with van der Waals surface area (Å²) in [6.45, 7) is 11.5. The molecule has 0 radical (unpaired) electrons. The van der Waals surface area contributed by atoms with Crippen molar-refractivity contribution >= 4 is 0 Å². The summed E-state index contributed by atoms with van der Waals surface area (Å²) in [4.78, 5) is 0. The van der Waals surface area contributed by atoms with E-state index in [4.69, 9.17) is 20.9 Å². The molecule has 0 aliphatic carbocycles. The first kappa shape index (κ1) is 33.0. The number of unbranched alkanes of at least 4 members (excludes halogenated alkanes) is 2. The van der Waals surface area contributed by atoms with Crippen molar-refractivity contribution in [2.45, 2.75) is 117 Å². The fourth-order valence-corrected chi connectivity index (χ4v) is 4.81. The molecule has 0 amide bonds. The number of benzene rings is 1. The van der Waals surface area contributed by atoms with Gasteiger partial charge in [-0.05, 0) is 46.9 Å². The highest BCUT2D eigenvalue weighted by atomic mass is 16.5. The number of hydrogen-bond donors (Lipinski definition) is 4. The van der Waals surface area contributed by atoms with Gasteiger partial charge in [0.05, 0.1) is 25.4 Å². The molecule has 0 aliphatic rings. The third kappa shape index (κ3) is 12.5. The van der Waals surface area contributed by atoms with Gasteiger partial charge in [-0.15, -0.1) is 0 Å². The molecule has 6 nitrogen and oxygen atoms in total. The lowest BCUT2D eigenvalue weighted by atomic mass is 9.89. The number of nitrogens with two attached hydrogens (primary N) is 2. The van der Waals surface area contributed by atoms with Crippen molar-refractivity contribution in [3.05, 3.63) is 34.4 Å². The van der Waals surface area contributed by atoms with Gasteiger partial charge in [0.25, 0.3) is 0 Å². The Morgan fingerprint density at radius 3 is 1.36 bits per heavy atom. The van der Waals surface area contributed by atoms with Gasteiger partial charge in [0, 0.05) is 39.1 Å². The summed E-state index contributed by atoms with van der Waals surface area (Å²) in [6, 6.07) is 3.99. The summed E-state index contributed by atoms with van der Waals surface area (Å²) in [6.07, 6.45) is 8.92. The Balaban J connectivity index is 2.80. The van der Waals surface area contributed by atoms with E-state index in [9.17, 15) is 10.2 Å². The first-order valence-electron chi connectivity index (χ1n) is 14.5. The van der Waals surface area contributed by atoms with Crippen molar-refractivity contribution in [2.24, 2.45) is 23.3 Å². The lowest BCUT2D eigenvalue weighted by Crippen LogP contribution is -2.26. The summed E-state index contributed by atoms with van der Waals surface area (Å²) < 4.78 is 11.8. The normalized spacial score (nSPS) is 15.1. The quantitative estimate of drug-likeness (QED) is 0.178. The third-order valence-electron chi connectivity index (χ3n) is 7.36. The molecule has 0 fully saturated rings. The van der Waals surface area contributed by atoms with Crippen molar-refractivity contribution in [1.82, 2.24) is 0 Å². The van der Waals surface area contributed by atoms with Crippen LogP contribution >= 0.6 is 0 Å². The van der Waals surface area contributed by atoms with Crippen LogP contribution in [0.25, 0.3) is 0 Å². The van der Waals surface area contributed by atoms with Crippen molar-refractivity contribution in [3.63, 3.8) is 0 Å². The van der Waals surface area contributed by atoms with Gasteiger partial charge >= 0.3 is 0 Å². The molecule has 0 aromatic heterocycles. The standard InChI is InChI=1S/C30H56N2O4/c1-5-9-11-23(7-3)19-35-21-27(33)15-29-25(17-31)13-14-26(18-32)30(29)16-28(34)22-36-20-24(8-4)12-10-6-2/h13-14,23-24,27-28,33-34H,5-12,15-22,31-32H2,1-4H3. The highest BCUT2D eigenvalue weighted by Gasteiger charge is 2.20. The van der Waals surface area contributed by atoms with E-state index in [2.05, 4.69) is 27.7 Å². The van der Waals surface area contributed by atoms with Gasteiger partial charge in [0.1, 0.15) is 0 Å². The van der Waals surface area contributed by atoms with Crippen molar-refractivity contribution in [2.75, 3.05) is 26.4 Å². The molecular weight excluding hydrogens is 452 g/mol. The molecule has 6 heteroatoms. The van der Waals surface area contributed by atoms with E-state index in [0.29, 0.717) is 64.2 Å². The van der Waals surface area contributed by atoms with E-state index >= 15 is 0 Å². The molecule has 0 aliphatic heterocycles. The molecule has 4 unspecified atom stereocenters. The molecule has 0 heterocycles. The lowest BCUT2D eigenvalue weighted by Gasteiger charge is -2.23. The van der Waals surface area contributed by atoms with Crippen LogP contribution < -0.4 is 11.5 Å². The second kappa shape index (κ2) is 20.0. The number of hydrogen-bond acceptors (Lipinski definition) is 6. The van der Waals surface area contributed by atoms with Gasteiger partial charge < -0.3 is 31.2 Å². The first-order chi connectivity index (χ1) is 17.4. The molecule has 0 saturated heterocycles. The number of aliphatic hydroxyl groups excluding tert-OH is 2. The average Bonchev–Trinajstić information content (AvgIpc) is 2.88. The molecule has 210 valence electrons. The summed E-state index contributed by atoms with van der Waals surface area (Å²) in [5.41, 5.74) is 16.1. The highest BCUT2D eigenvalue weighted by Crippen LogP contribution is 2.24. The van der Waals surface area contributed by atoms with E-state index in [-0.39, 0.29) is 0 Å². The SMILES string of the molecule is CCCCC(CC)COCC(O)Cc1c(CN)ccc(CN)c1CC(O)COCC(CC)CCCC. The maximum atomic E-state index is 10.8. The Bertz CT molecular complexity index is 628. The smallest absolute Gasteiger partial charge is 0.0814 e. The zero-order valence-electron chi connectivity index (χ0n) is 23.6. The Morgan fingerprint density at radius 2 is 1.06 bits per heavy atom. The summed E-state index contributed by atoms with van der Waals surface area (Å²) >= 11 is 0. The molecule has 1 aromatic carbocycles. The topological polar surface area (TPSA) is 111 Å². The van der Waals surface area contributed by atoms with E-state index < -0.39 is 12.2 Å². The fourth-order valence-electron chi connectivity index (χ4n) is 4.81. The Morgan fingerprint density at radius 1 is 0.667 bits per heavy atom. The Labute approximate surface area is 221 Å². The van der Waals surface area contributed by atoms with Crippen LogP contribution in [0.3, 0.4) is 0 Å². The minimum absolute atomic E-state index is 0.292. The minimum atomic E-state index is -0.636. The minimum Gasteiger partial charge on any atom is -0.390 e. The molecule has 4 atom stereocenters. The number of rotatable bonds is 22. The monoisotopic (exact) mass is 508 g/mol. The third-order valence-corrected chi connectivity index (χ3v) is 7.36. The number of ether oxygens (including phenoxy) is 2. The summed E-state index contributed by atoms with van der Waals surface area (Å²) in [5.74, 6) is 1.08. The van der Waals surface area contributed by atoms with Crippen LogP contribution in [0, 0.1) is 11.8 Å². The predicted octanol–water partition coefficient (Wildman–Crippen LogP) is 4.88. The van der Waals surface area contributed by atoms with Crippen molar-refractivity contribution in [1.29, 1.82) is 0 Å². The average molecular weight is 509 g/mol. The Hall–Kier alpha value is -1.02. The Kier molecular flexibility index (Phi) is 18.3. The van der Waals surface area contributed by atoms with Gasteiger partial charge in [-0.1, -0.05) is 78.4 Å². The molecule has 1 rings (SSSR count). The maximum Gasteiger partial charge on any atom is 0.0814 e. The lowest BCUT2D eigenvalue weighted by molar-refractivity contribution is 0.0169. The molecular formula is C30H56N2O4. The van der Waals surface area contributed by atoms with E-state index in [1.807, 2.05) is 12.1 Å². The van der Waals surface area contributed by atoms with Gasteiger partial charge in [-0.25, -0.2) is 0 Å². The number of aliphatic hydroxyl groups is 2. The zero-order valence-corrected chi connectivity index (χ0v) is 23.6. The van der Waals surface area contributed by atoms with Crippen LogP contribution in [-0.2, 0) is 35.4 Å². The van der Waals surface area contributed by atoms with E-state index in [0.717, 1.165) is 35.1 Å². The second-order valence-electron chi connectivity index (χ2n) is 10.4. The first-order valence-corrected chi connectivity index (χ1v) is 14.5. The van der Waals surface area contributed by atoms with Gasteiger partial charge in [0.2, 0.25) is 0 Å². The van der Waals surface area contributed by atoms with E-state index in [1.165, 1.54) is 38.5 Å².